The van der Waals surface area contributed by atoms with Crippen LogP contribution in [0, 0.1) is 0 Å². The molecule has 0 bridgehead atoms. The number of nitrogens with one attached hydrogen (secondary N) is 1. The lowest BCUT2D eigenvalue weighted by atomic mass is 10.1. The number of carbonyl (C=O) groups excluding carboxylic acids is 2. The van der Waals surface area contributed by atoms with Crippen molar-refractivity contribution in [2.24, 2.45) is 0 Å². The van der Waals surface area contributed by atoms with Gasteiger partial charge in [0, 0.05) is 18.6 Å². The van der Waals surface area contributed by atoms with Gasteiger partial charge in [0.15, 0.2) is 18.1 Å². The SMILES string of the molecule is CC[C@@H](C(=O)NC)N(Cc1ccccc1Cl)C(=O)COc1ccccc1OC. The lowest BCUT2D eigenvalue weighted by Gasteiger charge is -2.30. The van der Waals surface area contributed by atoms with Crippen molar-refractivity contribution in [3.8, 4) is 11.5 Å². The Balaban J connectivity index is 2.23. The number of hydrogen-bond donors (Lipinski definition) is 1. The fourth-order valence-electron chi connectivity index (χ4n) is 2.86. The smallest absolute Gasteiger partial charge is 0.261 e. The second-order valence-electron chi connectivity index (χ2n) is 6.09. The van der Waals surface area contributed by atoms with Gasteiger partial charge in [0.2, 0.25) is 5.91 Å². The highest BCUT2D eigenvalue weighted by Gasteiger charge is 2.28. The van der Waals surface area contributed by atoms with E-state index < -0.39 is 6.04 Å². The minimum absolute atomic E-state index is 0.208. The summed E-state index contributed by atoms with van der Waals surface area (Å²) < 4.78 is 10.9. The third-order valence-electron chi connectivity index (χ3n) is 4.35. The normalized spacial score (nSPS) is 11.4. The van der Waals surface area contributed by atoms with Gasteiger partial charge in [0.05, 0.1) is 7.11 Å². The number of halogens is 1. The average Bonchev–Trinajstić information content (AvgIpc) is 2.73. The van der Waals surface area contributed by atoms with E-state index in [0.29, 0.717) is 22.9 Å². The fourth-order valence-corrected chi connectivity index (χ4v) is 3.05. The van der Waals surface area contributed by atoms with Crippen molar-refractivity contribution in [2.45, 2.75) is 25.9 Å². The highest BCUT2D eigenvalue weighted by Crippen LogP contribution is 2.26. The van der Waals surface area contributed by atoms with Crippen molar-refractivity contribution in [3.05, 3.63) is 59.1 Å². The maximum Gasteiger partial charge on any atom is 0.261 e. The zero-order valence-corrected chi connectivity index (χ0v) is 17.0. The summed E-state index contributed by atoms with van der Waals surface area (Å²) in [5.74, 6) is 0.441. The van der Waals surface area contributed by atoms with Crippen molar-refractivity contribution < 1.29 is 19.1 Å². The van der Waals surface area contributed by atoms with E-state index in [1.54, 1.807) is 31.3 Å². The molecule has 150 valence electrons. The zero-order chi connectivity index (χ0) is 20.5. The van der Waals surface area contributed by atoms with Gasteiger partial charge in [-0.1, -0.05) is 48.9 Å². The zero-order valence-electron chi connectivity index (χ0n) is 16.3. The Hall–Kier alpha value is -2.73. The number of carbonyl (C=O) groups is 2. The Kier molecular flexibility index (Phi) is 8.14. The number of hydrogen-bond acceptors (Lipinski definition) is 4. The molecule has 0 heterocycles. The highest BCUT2D eigenvalue weighted by molar-refractivity contribution is 6.31. The molecule has 2 aromatic rings. The van der Waals surface area contributed by atoms with Crippen LogP contribution in [-0.2, 0) is 16.1 Å². The van der Waals surface area contributed by atoms with Gasteiger partial charge in [0.1, 0.15) is 6.04 Å². The number of methoxy groups -OCH3 is 1. The molecule has 0 aliphatic rings. The lowest BCUT2D eigenvalue weighted by Crippen LogP contribution is -2.49. The van der Waals surface area contributed by atoms with Crippen LogP contribution in [0.5, 0.6) is 11.5 Å². The molecule has 0 saturated carbocycles. The molecule has 0 spiro atoms. The van der Waals surface area contributed by atoms with Crippen LogP contribution in [0.25, 0.3) is 0 Å². The van der Waals surface area contributed by atoms with Gasteiger partial charge in [-0.05, 0) is 30.2 Å². The van der Waals surface area contributed by atoms with E-state index in [9.17, 15) is 9.59 Å². The first-order chi connectivity index (χ1) is 13.5. The van der Waals surface area contributed by atoms with Crippen LogP contribution in [0.15, 0.2) is 48.5 Å². The Morgan fingerprint density at radius 3 is 2.36 bits per heavy atom. The molecule has 0 unspecified atom stereocenters. The number of ether oxygens (including phenoxy) is 2. The second kappa shape index (κ2) is 10.6. The molecular weight excluding hydrogens is 380 g/mol. The van der Waals surface area contributed by atoms with Crippen molar-refractivity contribution in [2.75, 3.05) is 20.8 Å². The minimum atomic E-state index is -0.630. The van der Waals surface area contributed by atoms with Crippen LogP contribution in [0.1, 0.15) is 18.9 Å². The number of nitrogens with zero attached hydrogens (tertiary/aromatic N) is 1. The van der Waals surface area contributed by atoms with E-state index in [1.807, 2.05) is 31.2 Å². The fraction of sp³-hybridized carbons (Fsp3) is 0.333. The van der Waals surface area contributed by atoms with Crippen LogP contribution in [-0.4, -0.2) is 43.5 Å². The Labute approximate surface area is 170 Å². The number of rotatable bonds is 9. The van der Waals surface area contributed by atoms with Gasteiger partial charge >= 0.3 is 0 Å². The summed E-state index contributed by atoms with van der Waals surface area (Å²) in [6.45, 7) is 1.84. The lowest BCUT2D eigenvalue weighted by molar-refractivity contribution is -0.142. The van der Waals surface area contributed by atoms with Gasteiger partial charge in [-0.2, -0.15) is 0 Å². The summed E-state index contributed by atoms with van der Waals surface area (Å²) in [5, 5.41) is 3.16. The second-order valence-corrected chi connectivity index (χ2v) is 6.50. The van der Waals surface area contributed by atoms with Crippen molar-refractivity contribution >= 4 is 23.4 Å². The Bertz CT molecular complexity index is 812. The molecule has 2 amide bonds. The summed E-state index contributed by atoms with van der Waals surface area (Å²) in [6.07, 6.45) is 0.463. The van der Waals surface area contributed by atoms with Crippen molar-refractivity contribution in [3.63, 3.8) is 0 Å². The molecule has 0 aliphatic carbocycles. The molecule has 7 heteroatoms. The largest absolute Gasteiger partial charge is 0.493 e. The summed E-state index contributed by atoms with van der Waals surface area (Å²) in [4.78, 5) is 26.8. The third kappa shape index (κ3) is 5.39. The average molecular weight is 405 g/mol. The molecule has 2 rings (SSSR count). The molecule has 0 aliphatic heterocycles. The van der Waals surface area contributed by atoms with Crippen molar-refractivity contribution in [1.82, 2.24) is 10.2 Å². The van der Waals surface area contributed by atoms with E-state index in [-0.39, 0.29) is 25.0 Å². The number of likely N-dealkylation sites (N-methyl/N-ethyl adjacent to an activating group) is 1. The van der Waals surface area contributed by atoms with Gasteiger partial charge in [-0.25, -0.2) is 0 Å². The molecule has 6 nitrogen and oxygen atoms in total. The summed E-state index contributed by atoms with van der Waals surface area (Å²) in [7, 11) is 3.08. The Morgan fingerprint density at radius 2 is 1.75 bits per heavy atom. The van der Waals surface area contributed by atoms with Crippen LogP contribution in [0.3, 0.4) is 0 Å². The molecule has 28 heavy (non-hydrogen) atoms. The van der Waals surface area contributed by atoms with Crippen molar-refractivity contribution in [1.29, 1.82) is 0 Å². The van der Waals surface area contributed by atoms with Crippen LogP contribution >= 0.6 is 11.6 Å². The van der Waals surface area contributed by atoms with E-state index in [2.05, 4.69) is 5.32 Å². The molecule has 0 radical (unpaired) electrons. The first-order valence-electron chi connectivity index (χ1n) is 9.02. The molecule has 0 aromatic heterocycles. The predicted molar refractivity (Wildman–Crippen MR) is 109 cm³/mol. The summed E-state index contributed by atoms with van der Waals surface area (Å²) in [6, 6.07) is 13.7. The number of benzene rings is 2. The van der Waals surface area contributed by atoms with E-state index in [0.717, 1.165) is 5.56 Å². The maximum absolute atomic E-state index is 13.0. The maximum atomic E-state index is 13.0. The highest BCUT2D eigenvalue weighted by atomic mass is 35.5. The number of para-hydroxylation sites is 2. The first kappa shape index (κ1) is 21.6. The summed E-state index contributed by atoms with van der Waals surface area (Å²) in [5.41, 5.74) is 0.761. The molecule has 1 N–H and O–H groups in total. The van der Waals surface area contributed by atoms with E-state index >= 15 is 0 Å². The van der Waals surface area contributed by atoms with Gasteiger partial charge in [-0.3, -0.25) is 9.59 Å². The number of amides is 2. The van der Waals surface area contributed by atoms with Gasteiger partial charge in [-0.15, -0.1) is 0 Å². The third-order valence-corrected chi connectivity index (χ3v) is 4.72. The van der Waals surface area contributed by atoms with Gasteiger partial charge < -0.3 is 19.7 Å². The molecule has 0 fully saturated rings. The first-order valence-corrected chi connectivity index (χ1v) is 9.39. The topological polar surface area (TPSA) is 67.9 Å². The van der Waals surface area contributed by atoms with E-state index in [1.165, 1.54) is 12.0 Å². The van der Waals surface area contributed by atoms with Crippen LogP contribution in [0.4, 0.5) is 0 Å². The monoisotopic (exact) mass is 404 g/mol. The molecule has 0 saturated heterocycles. The van der Waals surface area contributed by atoms with Crippen LogP contribution in [0.2, 0.25) is 5.02 Å². The molecule has 1 atom stereocenters. The van der Waals surface area contributed by atoms with Crippen LogP contribution < -0.4 is 14.8 Å². The van der Waals surface area contributed by atoms with E-state index in [4.69, 9.17) is 21.1 Å². The Morgan fingerprint density at radius 1 is 1.11 bits per heavy atom. The summed E-state index contributed by atoms with van der Waals surface area (Å²) >= 11 is 6.26. The van der Waals surface area contributed by atoms with Gasteiger partial charge in [0.25, 0.3) is 5.91 Å². The standard InChI is InChI=1S/C21H25ClN2O4/c1-4-17(21(26)23-2)24(13-15-9-5-6-10-16(15)22)20(25)14-28-19-12-8-7-11-18(19)27-3/h5-12,17H,4,13-14H2,1-3H3,(H,23,26)/t17-/m0/s1. The quantitative estimate of drug-likeness (QED) is 0.696. The minimum Gasteiger partial charge on any atom is -0.493 e. The molecular formula is C21H25ClN2O4. The molecule has 2 aromatic carbocycles. The predicted octanol–water partition coefficient (Wildman–Crippen LogP) is 3.28.